The Morgan fingerprint density at radius 1 is 1.09 bits per heavy atom. The predicted octanol–water partition coefficient (Wildman–Crippen LogP) is 1.86. The van der Waals surface area contributed by atoms with Crippen molar-refractivity contribution in [1.82, 2.24) is 0 Å². The van der Waals surface area contributed by atoms with Gasteiger partial charge in [-0.1, -0.05) is 24.3 Å². The third kappa shape index (κ3) is 1.38. The lowest BCUT2D eigenvalue weighted by atomic mass is 9.77. The van der Waals surface area contributed by atoms with Crippen LogP contribution in [-0.2, 0) is 0 Å². The first-order chi connectivity index (χ1) is 5.36. The van der Waals surface area contributed by atoms with Gasteiger partial charge in [0, 0.05) is 6.04 Å². The summed E-state index contributed by atoms with van der Waals surface area (Å²) in [6.07, 6.45) is 12.8. The van der Waals surface area contributed by atoms with E-state index in [1.165, 1.54) is 12.8 Å². The highest BCUT2D eigenvalue weighted by Gasteiger charge is 2.23. The van der Waals surface area contributed by atoms with Gasteiger partial charge in [-0.3, -0.25) is 0 Å². The molecule has 11 heavy (non-hydrogen) atoms. The fraction of sp³-hybridized carbons (Fsp3) is 0.600. The molecule has 60 valence electrons. The Bertz CT molecular complexity index is 193. The maximum Gasteiger partial charge on any atom is 0.0229 e. The Labute approximate surface area is 68.0 Å². The van der Waals surface area contributed by atoms with Gasteiger partial charge in [0.05, 0.1) is 0 Å². The molecule has 2 aliphatic rings. The van der Waals surface area contributed by atoms with Crippen molar-refractivity contribution in [3.63, 3.8) is 0 Å². The van der Waals surface area contributed by atoms with Crippen molar-refractivity contribution >= 4 is 0 Å². The number of hydrogen-bond donors (Lipinski definition) is 1. The SMILES string of the molecule is NC1C=CC2CCC=CC2C1. The molecule has 2 N–H and O–H groups in total. The molecule has 2 rings (SSSR count). The fourth-order valence-electron chi connectivity index (χ4n) is 2.09. The van der Waals surface area contributed by atoms with Crippen LogP contribution in [0.3, 0.4) is 0 Å². The molecule has 0 aromatic rings. The molecule has 1 nitrogen and oxygen atoms in total. The van der Waals surface area contributed by atoms with Crippen LogP contribution in [0.1, 0.15) is 19.3 Å². The summed E-state index contributed by atoms with van der Waals surface area (Å²) in [7, 11) is 0. The van der Waals surface area contributed by atoms with E-state index in [1.807, 2.05) is 0 Å². The zero-order chi connectivity index (χ0) is 7.68. The van der Waals surface area contributed by atoms with Crippen molar-refractivity contribution in [3.8, 4) is 0 Å². The maximum atomic E-state index is 5.82. The highest BCUT2D eigenvalue weighted by Crippen LogP contribution is 2.32. The fourth-order valence-corrected chi connectivity index (χ4v) is 2.09. The molecule has 0 aromatic heterocycles. The third-order valence-electron chi connectivity index (χ3n) is 2.75. The van der Waals surface area contributed by atoms with Gasteiger partial charge >= 0.3 is 0 Å². The van der Waals surface area contributed by atoms with Gasteiger partial charge < -0.3 is 5.73 Å². The first-order valence-corrected chi connectivity index (χ1v) is 4.47. The van der Waals surface area contributed by atoms with Crippen molar-refractivity contribution in [2.75, 3.05) is 0 Å². The quantitative estimate of drug-likeness (QED) is 0.523. The number of rotatable bonds is 0. The van der Waals surface area contributed by atoms with Gasteiger partial charge in [-0.05, 0) is 31.1 Å². The minimum absolute atomic E-state index is 0.305. The molecule has 3 atom stereocenters. The van der Waals surface area contributed by atoms with E-state index in [0.717, 1.165) is 18.3 Å². The Balaban J connectivity index is 2.14. The zero-order valence-electron chi connectivity index (χ0n) is 6.74. The van der Waals surface area contributed by atoms with Gasteiger partial charge in [-0.2, -0.15) is 0 Å². The molecule has 0 heterocycles. The van der Waals surface area contributed by atoms with Crippen LogP contribution in [0.25, 0.3) is 0 Å². The molecule has 0 amide bonds. The summed E-state index contributed by atoms with van der Waals surface area (Å²) in [6.45, 7) is 0. The molecule has 3 unspecified atom stereocenters. The number of nitrogens with two attached hydrogens (primary N) is 1. The van der Waals surface area contributed by atoms with E-state index >= 15 is 0 Å². The minimum Gasteiger partial charge on any atom is -0.324 e. The molecule has 0 saturated carbocycles. The second kappa shape index (κ2) is 2.82. The summed E-state index contributed by atoms with van der Waals surface area (Å²) in [5, 5.41) is 0. The monoisotopic (exact) mass is 149 g/mol. The van der Waals surface area contributed by atoms with E-state index < -0.39 is 0 Å². The lowest BCUT2D eigenvalue weighted by molar-refractivity contribution is 0.373. The summed E-state index contributed by atoms with van der Waals surface area (Å²) < 4.78 is 0. The van der Waals surface area contributed by atoms with E-state index in [9.17, 15) is 0 Å². The molecule has 0 aromatic carbocycles. The Morgan fingerprint density at radius 3 is 2.91 bits per heavy atom. The van der Waals surface area contributed by atoms with Gasteiger partial charge in [0.1, 0.15) is 0 Å². The van der Waals surface area contributed by atoms with Crippen LogP contribution in [0.15, 0.2) is 24.3 Å². The standard InChI is InChI=1S/C10H15N/c11-10-6-5-8-3-1-2-4-9(8)7-10/h2,4-6,8-10H,1,3,7,11H2. The summed E-state index contributed by atoms with van der Waals surface area (Å²) >= 11 is 0. The van der Waals surface area contributed by atoms with Crippen molar-refractivity contribution < 1.29 is 0 Å². The summed E-state index contributed by atoms with van der Waals surface area (Å²) in [4.78, 5) is 0. The predicted molar refractivity (Wildman–Crippen MR) is 47.1 cm³/mol. The van der Waals surface area contributed by atoms with Gasteiger partial charge in [0.15, 0.2) is 0 Å². The van der Waals surface area contributed by atoms with Crippen LogP contribution >= 0.6 is 0 Å². The number of allylic oxidation sites excluding steroid dienone is 3. The van der Waals surface area contributed by atoms with Crippen molar-refractivity contribution in [2.24, 2.45) is 17.6 Å². The average Bonchev–Trinajstić information content (AvgIpc) is 2.04. The molecule has 0 bridgehead atoms. The van der Waals surface area contributed by atoms with Crippen molar-refractivity contribution in [3.05, 3.63) is 24.3 Å². The summed E-state index contributed by atoms with van der Waals surface area (Å²) in [6, 6.07) is 0.305. The van der Waals surface area contributed by atoms with Crippen LogP contribution in [0.5, 0.6) is 0 Å². The van der Waals surface area contributed by atoms with Gasteiger partial charge in [-0.15, -0.1) is 0 Å². The Hall–Kier alpha value is -0.560. The van der Waals surface area contributed by atoms with Crippen LogP contribution in [-0.4, -0.2) is 6.04 Å². The normalized spacial score (nSPS) is 42.1. The smallest absolute Gasteiger partial charge is 0.0229 e. The minimum atomic E-state index is 0.305. The second-order valence-corrected chi connectivity index (χ2v) is 3.62. The molecule has 1 heteroatoms. The first kappa shape index (κ1) is 7.11. The molecular formula is C10H15N. The highest BCUT2D eigenvalue weighted by molar-refractivity contribution is 5.11. The molecule has 0 fully saturated rings. The van der Waals surface area contributed by atoms with Crippen LogP contribution in [0.4, 0.5) is 0 Å². The number of fused-ring (bicyclic) bond motifs is 1. The first-order valence-electron chi connectivity index (χ1n) is 4.47. The molecular weight excluding hydrogens is 134 g/mol. The summed E-state index contributed by atoms with van der Waals surface area (Å²) in [5.41, 5.74) is 5.82. The molecule has 0 aliphatic heterocycles. The van der Waals surface area contributed by atoms with E-state index in [1.54, 1.807) is 0 Å². The average molecular weight is 149 g/mol. The second-order valence-electron chi connectivity index (χ2n) is 3.62. The van der Waals surface area contributed by atoms with Gasteiger partial charge in [0.2, 0.25) is 0 Å². The Morgan fingerprint density at radius 2 is 2.00 bits per heavy atom. The Kier molecular flexibility index (Phi) is 1.82. The van der Waals surface area contributed by atoms with Crippen LogP contribution in [0.2, 0.25) is 0 Å². The van der Waals surface area contributed by atoms with Crippen LogP contribution < -0.4 is 5.73 Å². The van der Waals surface area contributed by atoms with Crippen LogP contribution in [0, 0.1) is 11.8 Å². The van der Waals surface area contributed by atoms with Crippen molar-refractivity contribution in [2.45, 2.75) is 25.3 Å². The molecule has 0 saturated heterocycles. The topological polar surface area (TPSA) is 26.0 Å². The molecule has 2 aliphatic carbocycles. The maximum absolute atomic E-state index is 5.82. The van der Waals surface area contributed by atoms with Gasteiger partial charge in [-0.25, -0.2) is 0 Å². The lowest BCUT2D eigenvalue weighted by Gasteiger charge is -2.30. The summed E-state index contributed by atoms with van der Waals surface area (Å²) in [5.74, 6) is 1.53. The van der Waals surface area contributed by atoms with Gasteiger partial charge in [0.25, 0.3) is 0 Å². The van der Waals surface area contributed by atoms with E-state index in [0.29, 0.717) is 6.04 Å². The largest absolute Gasteiger partial charge is 0.324 e. The van der Waals surface area contributed by atoms with E-state index in [-0.39, 0.29) is 0 Å². The highest BCUT2D eigenvalue weighted by atomic mass is 14.6. The lowest BCUT2D eigenvalue weighted by Crippen LogP contribution is -2.29. The van der Waals surface area contributed by atoms with E-state index in [2.05, 4.69) is 24.3 Å². The molecule has 0 radical (unpaired) electrons. The third-order valence-corrected chi connectivity index (χ3v) is 2.75. The molecule has 0 spiro atoms. The number of hydrogen-bond acceptors (Lipinski definition) is 1. The zero-order valence-corrected chi connectivity index (χ0v) is 6.74. The van der Waals surface area contributed by atoms with E-state index in [4.69, 9.17) is 5.73 Å². The van der Waals surface area contributed by atoms with Crippen molar-refractivity contribution in [1.29, 1.82) is 0 Å².